The monoisotopic (exact) mass is 321 g/mol. The SMILES string of the molecule is CN(Cc1ccccc1)C(=O)c1ccc(Br)c(F)c1. The summed E-state index contributed by atoms with van der Waals surface area (Å²) >= 11 is 3.07. The van der Waals surface area contributed by atoms with Gasteiger partial charge in [-0.25, -0.2) is 4.39 Å². The minimum Gasteiger partial charge on any atom is -0.337 e. The lowest BCUT2D eigenvalue weighted by Gasteiger charge is -2.17. The van der Waals surface area contributed by atoms with Crippen molar-refractivity contribution < 1.29 is 9.18 Å². The fourth-order valence-electron chi connectivity index (χ4n) is 1.78. The van der Waals surface area contributed by atoms with Crippen molar-refractivity contribution in [1.29, 1.82) is 0 Å². The van der Waals surface area contributed by atoms with Gasteiger partial charge in [-0.1, -0.05) is 30.3 Å². The summed E-state index contributed by atoms with van der Waals surface area (Å²) in [5.41, 5.74) is 1.38. The van der Waals surface area contributed by atoms with Gasteiger partial charge in [0, 0.05) is 19.2 Å². The summed E-state index contributed by atoms with van der Waals surface area (Å²) in [5, 5.41) is 0. The van der Waals surface area contributed by atoms with Crippen molar-refractivity contribution in [3.8, 4) is 0 Å². The van der Waals surface area contributed by atoms with Crippen LogP contribution in [0.25, 0.3) is 0 Å². The molecular weight excluding hydrogens is 309 g/mol. The molecule has 0 saturated carbocycles. The van der Waals surface area contributed by atoms with Crippen molar-refractivity contribution in [2.24, 2.45) is 0 Å². The second-order valence-corrected chi connectivity index (χ2v) is 5.13. The van der Waals surface area contributed by atoms with Crippen LogP contribution in [0, 0.1) is 5.82 Å². The highest BCUT2D eigenvalue weighted by Gasteiger charge is 2.13. The highest BCUT2D eigenvalue weighted by atomic mass is 79.9. The van der Waals surface area contributed by atoms with E-state index in [1.54, 1.807) is 24.1 Å². The summed E-state index contributed by atoms with van der Waals surface area (Å²) in [4.78, 5) is 13.7. The average molecular weight is 322 g/mol. The maximum absolute atomic E-state index is 13.4. The van der Waals surface area contributed by atoms with E-state index in [1.165, 1.54) is 6.07 Å². The second-order valence-electron chi connectivity index (χ2n) is 4.28. The topological polar surface area (TPSA) is 20.3 Å². The van der Waals surface area contributed by atoms with E-state index < -0.39 is 5.82 Å². The number of halogens is 2. The lowest BCUT2D eigenvalue weighted by Crippen LogP contribution is -2.26. The van der Waals surface area contributed by atoms with E-state index in [-0.39, 0.29) is 5.91 Å². The van der Waals surface area contributed by atoms with Gasteiger partial charge < -0.3 is 4.90 Å². The molecule has 0 unspecified atom stereocenters. The van der Waals surface area contributed by atoms with E-state index in [1.807, 2.05) is 30.3 Å². The van der Waals surface area contributed by atoms with Crippen LogP contribution in [0.5, 0.6) is 0 Å². The van der Waals surface area contributed by atoms with Crippen LogP contribution in [0.3, 0.4) is 0 Å². The van der Waals surface area contributed by atoms with E-state index in [9.17, 15) is 9.18 Å². The first-order valence-electron chi connectivity index (χ1n) is 5.82. The highest BCUT2D eigenvalue weighted by molar-refractivity contribution is 9.10. The molecule has 0 fully saturated rings. The number of hydrogen-bond acceptors (Lipinski definition) is 1. The Hall–Kier alpha value is -1.68. The molecule has 98 valence electrons. The van der Waals surface area contributed by atoms with Gasteiger partial charge in [-0.3, -0.25) is 4.79 Å². The number of rotatable bonds is 3. The molecule has 0 spiro atoms. The molecule has 2 aromatic carbocycles. The third-order valence-electron chi connectivity index (χ3n) is 2.78. The van der Waals surface area contributed by atoms with Crippen molar-refractivity contribution in [1.82, 2.24) is 4.90 Å². The van der Waals surface area contributed by atoms with Crippen LogP contribution in [0.2, 0.25) is 0 Å². The van der Waals surface area contributed by atoms with Gasteiger partial charge in [0.25, 0.3) is 5.91 Å². The molecule has 0 saturated heterocycles. The van der Waals surface area contributed by atoms with Crippen LogP contribution < -0.4 is 0 Å². The van der Waals surface area contributed by atoms with Crippen LogP contribution in [0.15, 0.2) is 53.0 Å². The second kappa shape index (κ2) is 5.97. The first kappa shape index (κ1) is 13.7. The van der Waals surface area contributed by atoms with E-state index in [0.717, 1.165) is 5.56 Å². The normalized spacial score (nSPS) is 10.3. The largest absolute Gasteiger partial charge is 0.337 e. The highest BCUT2D eigenvalue weighted by Crippen LogP contribution is 2.17. The number of benzene rings is 2. The molecule has 0 aromatic heterocycles. The standard InChI is InChI=1S/C15H13BrFNO/c1-18(10-11-5-3-2-4-6-11)15(19)12-7-8-13(16)14(17)9-12/h2-9H,10H2,1H3. The summed E-state index contributed by atoms with van der Waals surface area (Å²) in [6.45, 7) is 0.497. The quantitative estimate of drug-likeness (QED) is 0.840. The van der Waals surface area contributed by atoms with Gasteiger partial charge in [-0.2, -0.15) is 0 Å². The van der Waals surface area contributed by atoms with E-state index in [4.69, 9.17) is 0 Å². The zero-order chi connectivity index (χ0) is 13.8. The Bertz CT molecular complexity index is 586. The predicted molar refractivity (Wildman–Crippen MR) is 76.3 cm³/mol. The van der Waals surface area contributed by atoms with Gasteiger partial charge in [-0.15, -0.1) is 0 Å². The van der Waals surface area contributed by atoms with Crippen molar-refractivity contribution >= 4 is 21.8 Å². The smallest absolute Gasteiger partial charge is 0.253 e. The molecule has 0 aliphatic rings. The van der Waals surface area contributed by atoms with Crippen LogP contribution in [-0.4, -0.2) is 17.9 Å². The Labute approximate surface area is 120 Å². The van der Waals surface area contributed by atoms with Crippen LogP contribution in [0.4, 0.5) is 4.39 Å². The molecule has 0 radical (unpaired) electrons. The molecule has 0 heterocycles. The summed E-state index contributed by atoms with van der Waals surface area (Å²) in [7, 11) is 1.70. The van der Waals surface area contributed by atoms with Crippen LogP contribution in [0.1, 0.15) is 15.9 Å². The summed E-state index contributed by atoms with van der Waals surface area (Å²) in [6.07, 6.45) is 0. The van der Waals surface area contributed by atoms with E-state index >= 15 is 0 Å². The third-order valence-corrected chi connectivity index (χ3v) is 3.42. The van der Waals surface area contributed by atoms with Gasteiger partial charge in [0.05, 0.1) is 4.47 Å². The maximum atomic E-state index is 13.4. The first-order valence-corrected chi connectivity index (χ1v) is 6.61. The van der Waals surface area contributed by atoms with Crippen LogP contribution in [-0.2, 0) is 6.54 Å². The number of carbonyl (C=O) groups is 1. The number of hydrogen-bond donors (Lipinski definition) is 0. The third kappa shape index (κ3) is 3.41. The molecule has 0 aliphatic carbocycles. The van der Waals surface area contributed by atoms with Crippen LogP contribution >= 0.6 is 15.9 Å². The summed E-state index contributed by atoms with van der Waals surface area (Å²) < 4.78 is 13.8. The Morgan fingerprint density at radius 1 is 1.21 bits per heavy atom. The molecule has 0 bridgehead atoms. The van der Waals surface area contributed by atoms with Crippen molar-refractivity contribution in [3.05, 3.63) is 69.9 Å². The fraction of sp³-hybridized carbons (Fsp3) is 0.133. The number of nitrogens with zero attached hydrogens (tertiary/aromatic N) is 1. The molecule has 19 heavy (non-hydrogen) atoms. The zero-order valence-corrected chi connectivity index (χ0v) is 12.0. The van der Waals surface area contributed by atoms with Crippen molar-refractivity contribution in [2.75, 3.05) is 7.05 Å². The number of carbonyl (C=O) groups excluding carboxylic acids is 1. The van der Waals surface area contributed by atoms with E-state index in [2.05, 4.69) is 15.9 Å². The van der Waals surface area contributed by atoms with Gasteiger partial charge in [0.1, 0.15) is 5.82 Å². The summed E-state index contributed by atoms with van der Waals surface area (Å²) in [5.74, 6) is -0.630. The lowest BCUT2D eigenvalue weighted by atomic mass is 10.1. The van der Waals surface area contributed by atoms with E-state index in [0.29, 0.717) is 16.6 Å². The van der Waals surface area contributed by atoms with Gasteiger partial charge >= 0.3 is 0 Å². The van der Waals surface area contributed by atoms with Gasteiger partial charge in [0.2, 0.25) is 0 Å². The first-order chi connectivity index (χ1) is 9.08. The maximum Gasteiger partial charge on any atom is 0.253 e. The Kier molecular flexibility index (Phi) is 4.32. The Morgan fingerprint density at radius 2 is 1.89 bits per heavy atom. The molecular formula is C15H13BrFNO. The van der Waals surface area contributed by atoms with Gasteiger partial charge in [-0.05, 0) is 39.7 Å². The molecule has 2 rings (SSSR count). The molecule has 0 aliphatic heterocycles. The molecule has 0 N–H and O–H groups in total. The fourth-order valence-corrected chi connectivity index (χ4v) is 2.03. The molecule has 2 aromatic rings. The predicted octanol–water partition coefficient (Wildman–Crippen LogP) is 3.86. The average Bonchev–Trinajstić information content (AvgIpc) is 2.42. The minimum atomic E-state index is -0.432. The minimum absolute atomic E-state index is 0.199. The van der Waals surface area contributed by atoms with Gasteiger partial charge in [0.15, 0.2) is 0 Å². The Balaban J connectivity index is 2.12. The Morgan fingerprint density at radius 3 is 2.53 bits per heavy atom. The zero-order valence-electron chi connectivity index (χ0n) is 10.4. The number of amides is 1. The molecule has 1 amide bonds. The molecule has 4 heteroatoms. The van der Waals surface area contributed by atoms with Crippen molar-refractivity contribution in [2.45, 2.75) is 6.54 Å². The molecule has 2 nitrogen and oxygen atoms in total. The lowest BCUT2D eigenvalue weighted by molar-refractivity contribution is 0.0784. The van der Waals surface area contributed by atoms with Crippen molar-refractivity contribution in [3.63, 3.8) is 0 Å². The molecule has 0 atom stereocenters. The summed E-state index contributed by atoms with van der Waals surface area (Å²) in [6, 6.07) is 14.1.